The maximum absolute atomic E-state index is 9.75. The summed E-state index contributed by atoms with van der Waals surface area (Å²) in [7, 11) is -6.00. The van der Waals surface area contributed by atoms with Gasteiger partial charge in [-0.15, -0.1) is 0 Å². The Morgan fingerprint density at radius 2 is 1.62 bits per heavy atom. The minimum atomic E-state index is -6.00. The zero-order valence-electron chi connectivity index (χ0n) is 8.21. The van der Waals surface area contributed by atoms with E-state index in [-0.39, 0.29) is 0 Å². The third-order valence-corrected chi connectivity index (χ3v) is 4.34. The Labute approximate surface area is 99.5 Å². The van der Waals surface area contributed by atoms with Crippen LogP contribution in [0.4, 0.5) is 17.3 Å². The first-order valence-electron chi connectivity index (χ1n) is 4.52. The third kappa shape index (κ3) is 6.12. The lowest BCUT2D eigenvalue weighted by Gasteiger charge is -1.94. The average Bonchev–Trinajstić information content (AvgIpc) is 2.69. The zero-order valence-corrected chi connectivity index (χ0v) is 9.84. The van der Waals surface area contributed by atoms with Gasteiger partial charge in [-0.25, -0.2) is 0 Å². The summed E-state index contributed by atoms with van der Waals surface area (Å²) in [6.07, 6.45) is 0. The maximum atomic E-state index is 9.75. The monoisotopic (exact) mass is 268 g/mol. The summed E-state index contributed by atoms with van der Waals surface area (Å²) < 4.78 is 40.5. The molecule has 0 atom stereocenters. The molecule has 0 saturated heterocycles. The van der Waals surface area contributed by atoms with Gasteiger partial charge in [-0.05, 0) is 12.1 Å². The molecule has 0 N–H and O–H groups in total. The number of benzene rings is 1. The Morgan fingerprint density at radius 3 is 2.06 bits per heavy atom. The minimum Gasteiger partial charge on any atom is -0.418 e. The summed E-state index contributed by atoms with van der Waals surface area (Å²) in [4.78, 5) is 0. The van der Waals surface area contributed by atoms with Crippen molar-refractivity contribution < 1.29 is 17.3 Å². The van der Waals surface area contributed by atoms with E-state index in [9.17, 15) is 17.3 Å². The van der Waals surface area contributed by atoms with Crippen LogP contribution in [0.5, 0.6) is 0 Å². The standard InChI is InChI=1S/C9H9S2.BF4/c1-2-4-8(5-3-1)9-10-6-7-11-9;2-1(3,4)5/h1-5H,6-7H2;/q+1;-1. The van der Waals surface area contributed by atoms with Gasteiger partial charge in [0.2, 0.25) is 0 Å². The first kappa shape index (κ1) is 13.5. The molecular formula is C9H9BF4S2. The molecule has 0 amide bonds. The third-order valence-electron chi connectivity index (χ3n) is 1.56. The van der Waals surface area contributed by atoms with Crippen LogP contribution in [0.1, 0.15) is 5.56 Å². The Morgan fingerprint density at radius 1 is 1.06 bits per heavy atom. The van der Waals surface area contributed by atoms with E-state index in [1.807, 2.05) is 23.1 Å². The molecule has 7 heteroatoms. The Kier molecular flexibility index (Phi) is 5.27. The van der Waals surface area contributed by atoms with Crippen molar-refractivity contribution in [1.82, 2.24) is 0 Å². The molecular weight excluding hydrogens is 259 g/mol. The van der Waals surface area contributed by atoms with Gasteiger partial charge >= 0.3 is 7.25 Å². The first-order valence-corrected chi connectivity index (χ1v) is 6.49. The molecule has 2 rings (SSSR count). The molecule has 0 fully saturated rings. The molecule has 1 heterocycles. The van der Waals surface area contributed by atoms with Gasteiger partial charge in [-0.2, -0.15) is 0 Å². The predicted molar refractivity (Wildman–Crippen MR) is 65.4 cm³/mol. The minimum absolute atomic E-state index is 1.27. The molecule has 1 aromatic rings. The van der Waals surface area contributed by atoms with E-state index in [4.69, 9.17) is 0 Å². The molecule has 0 nitrogen and oxygen atoms in total. The van der Waals surface area contributed by atoms with Gasteiger partial charge in [-0.3, -0.25) is 0 Å². The van der Waals surface area contributed by atoms with Crippen LogP contribution in [0, 0.1) is 0 Å². The van der Waals surface area contributed by atoms with Crippen molar-refractivity contribution in [3.63, 3.8) is 0 Å². The van der Waals surface area contributed by atoms with Gasteiger partial charge in [-0.1, -0.05) is 30.0 Å². The highest BCUT2D eigenvalue weighted by Crippen LogP contribution is 2.16. The number of thioether (sulfide) groups is 1. The summed E-state index contributed by atoms with van der Waals surface area (Å²) in [5.41, 5.74) is 1.39. The van der Waals surface area contributed by atoms with Crippen LogP contribution < -0.4 is 0 Å². The van der Waals surface area contributed by atoms with Crippen molar-refractivity contribution in [1.29, 1.82) is 0 Å². The van der Waals surface area contributed by atoms with E-state index in [1.54, 1.807) is 0 Å². The lowest BCUT2D eigenvalue weighted by molar-refractivity contribution is 0.368. The van der Waals surface area contributed by atoms with Crippen LogP contribution in [0.3, 0.4) is 0 Å². The van der Waals surface area contributed by atoms with Crippen LogP contribution in [0.2, 0.25) is 0 Å². The number of rotatable bonds is 1. The SMILES string of the molecule is F[B-](F)(F)F.c1ccc(C2=[S+]CCS2)cc1. The van der Waals surface area contributed by atoms with Crippen LogP contribution in [0.15, 0.2) is 30.3 Å². The Hall–Kier alpha value is -0.555. The second kappa shape index (κ2) is 6.25. The van der Waals surface area contributed by atoms with Crippen molar-refractivity contribution in [2.75, 3.05) is 11.5 Å². The average molecular weight is 268 g/mol. The molecule has 0 spiro atoms. The van der Waals surface area contributed by atoms with E-state index >= 15 is 0 Å². The summed E-state index contributed by atoms with van der Waals surface area (Å²) in [5.74, 6) is 2.55. The summed E-state index contributed by atoms with van der Waals surface area (Å²) >= 11 is 3.95. The van der Waals surface area contributed by atoms with Crippen molar-refractivity contribution in [2.45, 2.75) is 0 Å². The van der Waals surface area contributed by atoms with Gasteiger partial charge in [0.05, 0.1) is 5.75 Å². The van der Waals surface area contributed by atoms with Crippen molar-refractivity contribution >= 4 is 34.6 Å². The quantitative estimate of drug-likeness (QED) is 0.326. The fraction of sp³-hybridized carbons (Fsp3) is 0.222. The molecule has 0 radical (unpaired) electrons. The van der Waals surface area contributed by atoms with Crippen LogP contribution >= 0.6 is 11.8 Å². The molecule has 1 aliphatic rings. The molecule has 0 bridgehead atoms. The van der Waals surface area contributed by atoms with Crippen molar-refractivity contribution in [3.8, 4) is 0 Å². The Balaban J connectivity index is 0.000000221. The van der Waals surface area contributed by atoms with E-state index in [1.165, 1.54) is 21.3 Å². The van der Waals surface area contributed by atoms with E-state index in [0.717, 1.165) is 0 Å². The fourth-order valence-corrected chi connectivity index (χ4v) is 3.53. The van der Waals surface area contributed by atoms with Crippen LogP contribution in [-0.4, -0.2) is 23.0 Å². The van der Waals surface area contributed by atoms with E-state index < -0.39 is 7.25 Å². The predicted octanol–water partition coefficient (Wildman–Crippen LogP) is 3.29. The summed E-state index contributed by atoms with van der Waals surface area (Å²) in [6.45, 7) is 0. The lowest BCUT2D eigenvalue weighted by atomic mass is 10.2. The maximum Gasteiger partial charge on any atom is 0.673 e. The van der Waals surface area contributed by atoms with Crippen LogP contribution in [-0.2, 0) is 11.4 Å². The topological polar surface area (TPSA) is 0 Å². The van der Waals surface area contributed by atoms with Gasteiger partial charge < -0.3 is 17.3 Å². The van der Waals surface area contributed by atoms with E-state index in [0.29, 0.717) is 0 Å². The summed E-state index contributed by atoms with van der Waals surface area (Å²) in [6, 6.07) is 10.6. The van der Waals surface area contributed by atoms with Gasteiger partial charge in [0.15, 0.2) is 17.1 Å². The highest BCUT2D eigenvalue weighted by Gasteiger charge is 2.21. The van der Waals surface area contributed by atoms with Crippen molar-refractivity contribution in [2.24, 2.45) is 0 Å². The second-order valence-electron chi connectivity index (χ2n) is 2.85. The van der Waals surface area contributed by atoms with E-state index in [2.05, 4.69) is 30.3 Å². The molecule has 0 aliphatic carbocycles. The van der Waals surface area contributed by atoms with Crippen LogP contribution in [0.25, 0.3) is 0 Å². The second-order valence-corrected chi connectivity index (χ2v) is 5.31. The van der Waals surface area contributed by atoms with Gasteiger partial charge in [0.1, 0.15) is 0 Å². The molecule has 0 aromatic heterocycles. The normalized spacial score (nSPS) is 15.1. The molecule has 0 unspecified atom stereocenters. The molecule has 1 aromatic carbocycles. The molecule has 0 saturated carbocycles. The number of hydrogen-bond acceptors (Lipinski definition) is 1. The smallest absolute Gasteiger partial charge is 0.418 e. The number of halogens is 4. The first-order chi connectivity index (χ1) is 7.47. The fourth-order valence-electron chi connectivity index (χ4n) is 1.05. The number of hydrogen-bond donors (Lipinski definition) is 0. The highest BCUT2D eigenvalue weighted by atomic mass is 32.2. The lowest BCUT2D eigenvalue weighted by Crippen LogP contribution is -2.02. The van der Waals surface area contributed by atoms with Gasteiger partial charge in [0.25, 0.3) is 4.20 Å². The van der Waals surface area contributed by atoms with Crippen molar-refractivity contribution in [3.05, 3.63) is 35.9 Å². The van der Waals surface area contributed by atoms with Gasteiger partial charge in [0, 0.05) is 5.56 Å². The summed E-state index contributed by atoms with van der Waals surface area (Å²) in [5, 5.41) is 0. The largest absolute Gasteiger partial charge is 0.673 e. The molecule has 16 heavy (non-hydrogen) atoms. The molecule has 1 aliphatic heterocycles. The Bertz CT molecular complexity index is 344. The zero-order chi connectivity index (χ0) is 12.0. The highest BCUT2D eigenvalue weighted by molar-refractivity contribution is 8.25. The molecule has 88 valence electrons.